The third-order valence-electron chi connectivity index (χ3n) is 3.97. The monoisotopic (exact) mass is 319 g/mol. The zero-order chi connectivity index (χ0) is 15.5. The van der Waals surface area contributed by atoms with Crippen LogP contribution in [0.25, 0.3) is 11.5 Å². The first kappa shape index (κ1) is 15.0. The first-order valence-electron chi connectivity index (χ1n) is 7.60. The summed E-state index contributed by atoms with van der Waals surface area (Å²) in [6.07, 6.45) is 5.04. The Labute approximate surface area is 134 Å². The van der Waals surface area contributed by atoms with Crippen LogP contribution in [0.3, 0.4) is 0 Å². The zero-order valence-corrected chi connectivity index (χ0v) is 13.2. The molecule has 0 bridgehead atoms. The highest BCUT2D eigenvalue weighted by atomic mass is 35.5. The van der Waals surface area contributed by atoms with Gasteiger partial charge >= 0.3 is 0 Å². The minimum atomic E-state index is -0.0703. The van der Waals surface area contributed by atoms with Crippen LogP contribution >= 0.6 is 11.6 Å². The molecule has 0 aliphatic heterocycles. The van der Waals surface area contributed by atoms with E-state index in [2.05, 4.69) is 15.5 Å². The molecule has 1 amide bonds. The Morgan fingerprint density at radius 1 is 1.41 bits per heavy atom. The van der Waals surface area contributed by atoms with Crippen LogP contribution < -0.4 is 5.32 Å². The third kappa shape index (κ3) is 3.14. The Hall–Kier alpha value is -1.88. The lowest BCUT2D eigenvalue weighted by molar-refractivity contribution is -0.115. The minimum absolute atomic E-state index is 0.0703. The standard InChI is InChI=1S/C16H18ClN3O2/c1-2-14(21)18-13-8-7-11(17)9-12(13)16-19-15(20-22-16)10-5-3-4-6-10/h7-10H,2-6H2,1H3,(H,18,21). The fraction of sp³-hybridized carbons (Fsp3) is 0.438. The number of hydrogen-bond donors (Lipinski definition) is 1. The lowest BCUT2D eigenvalue weighted by Crippen LogP contribution is -2.10. The Morgan fingerprint density at radius 2 is 2.18 bits per heavy atom. The van der Waals surface area contributed by atoms with Gasteiger partial charge in [0, 0.05) is 17.4 Å². The number of nitrogens with zero attached hydrogens (tertiary/aromatic N) is 2. The van der Waals surface area contributed by atoms with Gasteiger partial charge in [0.15, 0.2) is 5.82 Å². The molecule has 1 fully saturated rings. The first-order valence-corrected chi connectivity index (χ1v) is 7.98. The molecule has 1 heterocycles. The molecule has 0 radical (unpaired) electrons. The Kier molecular flexibility index (Phi) is 4.43. The first-order chi connectivity index (χ1) is 10.7. The molecule has 0 unspecified atom stereocenters. The van der Waals surface area contributed by atoms with E-state index in [9.17, 15) is 4.79 Å². The summed E-state index contributed by atoms with van der Waals surface area (Å²) in [4.78, 5) is 16.2. The van der Waals surface area contributed by atoms with E-state index >= 15 is 0 Å². The van der Waals surface area contributed by atoms with E-state index in [1.807, 2.05) is 0 Å². The minimum Gasteiger partial charge on any atom is -0.334 e. The van der Waals surface area contributed by atoms with Crippen molar-refractivity contribution < 1.29 is 9.32 Å². The topological polar surface area (TPSA) is 68.0 Å². The van der Waals surface area contributed by atoms with Gasteiger partial charge in [-0.25, -0.2) is 0 Å². The van der Waals surface area contributed by atoms with Gasteiger partial charge in [-0.15, -0.1) is 0 Å². The van der Waals surface area contributed by atoms with Crippen LogP contribution in [0.2, 0.25) is 5.02 Å². The molecule has 6 heteroatoms. The van der Waals surface area contributed by atoms with Gasteiger partial charge in [0.25, 0.3) is 5.89 Å². The fourth-order valence-electron chi connectivity index (χ4n) is 2.74. The van der Waals surface area contributed by atoms with Crippen LogP contribution in [0.1, 0.15) is 50.8 Å². The van der Waals surface area contributed by atoms with E-state index in [-0.39, 0.29) is 5.91 Å². The van der Waals surface area contributed by atoms with Crippen molar-refractivity contribution in [3.8, 4) is 11.5 Å². The highest BCUT2D eigenvalue weighted by Crippen LogP contribution is 2.35. The summed E-state index contributed by atoms with van der Waals surface area (Å²) in [7, 11) is 0. The number of carbonyl (C=O) groups is 1. The van der Waals surface area contributed by atoms with Gasteiger partial charge in [-0.2, -0.15) is 4.98 Å². The highest BCUT2D eigenvalue weighted by molar-refractivity contribution is 6.31. The zero-order valence-electron chi connectivity index (χ0n) is 12.4. The summed E-state index contributed by atoms with van der Waals surface area (Å²) in [6.45, 7) is 1.80. The molecule has 1 aromatic heterocycles. The molecule has 1 aliphatic carbocycles. The van der Waals surface area contributed by atoms with Crippen molar-refractivity contribution in [1.82, 2.24) is 10.1 Å². The van der Waals surface area contributed by atoms with Crippen molar-refractivity contribution in [3.63, 3.8) is 0 Å². The van der Waals surface area contributed by atoms with Gasteiger partial charge in [0.05, 0.1) is 11.3 Å². The molecule has 1 N–H and O–H groups in total. The van der Waals surface area contributed by atoms with E-state index in [1.165, 1.54) is 12.8 Å². The highest BCUT2D eigenvalue weighted by Gasteiger charge is 2.23. The average Bonchev–Trinajstić information content (AvgIpc) is 3.19. The number of carbonyl (C=O) groups excluding carboxylic acids is 1. The second-order valence-electron chi connectivity index (χ2n) is 5.53. The van der Waals surface area contributed by atoms with E-state index in [0.29, 0.717) is 34.5 Å². The van der Waals surface area contributed by atoms with E-state index in [0.717, 1.165) is 18.7 Å². The normalized spacial score (nSPS) is 15.2. The third-order valence-corrected chi connectivity index (χ3v) is 4.20. The van der Waals surface area contributed by atoms with Crippen molar-refractivity contribution in [2.24, 2.45) is 0 Å². The second-order valence-corrected chi connectivity index (χ2v) is 5.97. The number of rotatable bonds is 4. The Balaban J connectivity index is 1.92. The van der Waals surface area contributed by atoms with Crippen molar-refractivity contribution >= 4 is 23.2 Å². The average molecular weight is 320 g/mol. The lowest BCUT2D eigenvalue weighted by atomic mass is 10.1. The van der Waals surface area contributed by atoms with E-state index in [4.69, 9.17) is 16.1 Å². The molecule has 0 atom stereocenters. The largest absolute Gasteiger partial charge is 0.334 e. The van der Waals surface area contributed by atoms with Crippen molar-refractivity contribution in [1.29, 1.82) is 0 Å². The summed E-state index contributed by atoms with van der Waals surface area (Å²) < 4.78 is 5.40. The van der Waals surface area contributed by atoms with Gasteiger partial charge in [0.2, 0.25) is 5.91 Å². The number of amides is 1. The van der Waals surface area contributed by atoms with Gasteiger partial charge in [-0.1, -0.05) is 36.5 Å². The SMILES string of the molecule is CCC(=O)Nc1ccc(Cl)cc1-c1nc(C2CCCC2)no1. The molecule has 0 spiro atoms. The number of hydrogen-bond acceptors (Lipinski definition) is 4. The van der Waals surface area contributed by atoms with Gasteiger partial charge in [-0.3, -0.25) is 4.79 Å². The number of anilines is 1. The summed E-state index contributed by atoms with van der Waals surface area (Å²) in [5.74, 6) is 1.46. The predicted molar refractivity (Wildman–Crippen MR) is 84.9 cm³/mol. The molecule has 116 valence electrons. The summed E-state index contributed by atoms with van der Waals surface area (Å²) in [6, 6.07) is 5.22. The van der Waals surface area contributed by atoms with Crippen molar-refractivity contribution in [2.75, 3.05) is 5.32 Å². The lowest BCUT2D eigenvalue weighted by Gasteiger charge is -2.08. The van der Waals surface area contributed by atoms with E-state index in [1.54, 1.807) is 25.1 Å². The molecule has 0 saturated heterocycles. The molecule has 5 nitrogen and oxygen atoms in total. The summed E-state index contributed by atoms with van der Waals surface area (Å²) in [5, 5.41) is 7.50. The maximum Gasteiger partial charge on any atom is 0.260 e. The smallest absolute Gasteiger partial charge is 0.260 e. The Morgan fingerprint density at radius 3 is 2.91 bits per heavy atom. The van der Waals surface area contributed by atoms with E-state index < -0.39 is 0 Å². The van der Waals surface area contributed by atoms with Gasteiger partial charge in [0.1, 0.15) is 0 Å². The molecular weight excluding hydrogens is 302 g/mol. The molecule has 22 heavy (non-hydrogen) atoms. The van der Waals surface area contributed by atoms with Crippen molar-refractivity contribution in [3.05, 3.63) is 29.0 Å². The molecule has 3 rings (SSSR count). The van der Waals surface area contributed by atoms with Crippen LogP contribution in [0.5, 0.6) is 0 Å². The molecular formula is C16H18ClN3O2. The second kappa shape index (κ2) is 6.48. The number of halogens is 1. The van der Waals surface area contributed by atoms with Crippen LogP contribution in [-0.2, 0) is 4.79 Å². The van der Waals surface area contributed by atoms with Crippen LogP contribution in [0.4, 0.5) is 5.69 Å². The fourth-order valence-corrected chi connectivity index (χ4v) is 2.91. The van der Waals surface area contributed by atoms with Gasteiger partial charge < -0.3 is 9.84 Å². The summed E-state index contributed by atoms with van der Waals surface area (Å²) >= 11 is 6.07. The van der Waals surface area contributed by atoms with Crippen molar-refractivity contribution in [2.45, 2.75) is 44.9 Å². The Bertz CT molecular complexity index is 678. The summed E-state index contributed by atoms with van der Waals surface area (Å²) in [5.41, 5.74) is 1.30. The number of benzene rings is 1. The predicted octanol–water partition coefficient (Wildman–Crippen LogP) is 4.40. The van der Waals surface area contributed by atoms with Crippen LogP contribution in [0.15, 0.2) is 22.7 Å². The quantitative estimate of drug-likeness (QED) is 0.907. The van der Waals surface area contributed by atoms with Gasteiger partial charge in [-0.05, 0) is 31.0 Å². The molecule has 2 aromatic rings. The van der Waals surface area contributed by atoms with Crippen LogP contribution in [0, 0.1) is 0 Å². The number of aromatic nitrogens is 2. The maximum absolute atomic E-state index is 11.7. The molecule has 1 aromatic carbocycles. The molecule has 1 saturated carbocycles. The maximum atomic E-state index is 11.7. The van der Waals surface area contributed by atoms with Crippen LogP contribution in [-0.4, -0.2) is 16.0 Å². The molecule has 1 aliphatic rings. The number of nitrogens with one attached hydrogen (secondary N) is 1.